The van der Waals surface area contributed by atoms with Crippen LogP contribution < -0.4 is 4.74 Å². The highest BCUT2D eigenvalue weighted by molar-refractivity contribution is 9.10. The average Bonchev–Trinajstić information content (AvgIpc) is 2.43. The number of hydrogen-bond donors (Lipinski definition) is 1. The fourth-order valence-corrected chi connectivity index (χ4v) is 2.95. The molecule has 0 aliphatic heterocycles. The van der Waals surface area contributed by atoms with Crippen LogP contribution in [-0.4, -0.2) is 16.8 Å². The second kappa shape index (κ2) is 7.00. The quantitative estimate of drug-likeness (QED) is 0.723. The summed E-state index contributed by atoms with van der Waals surface area (Å²) >= 11 is 4.92. The topological polar surface area (TPSA) is 46.5 Å². The van der Waals surface area contributed by atoms with Gasteiger partial charge in [0, 0.05) is 9.37 Å². The van der Waals surface area contributed by atoms with E-state index in [4.69, 9.17) is 4.74 Å². The maximum atomic E-state index is 11.5. The number of thioether (sulfide) groups is 1. The maximum Gasteiger partial charge on any atom is 0.340 e. The summed E-state index contributed by atoms with van der Waals surface area (Å²) in [6.07, 6.45) is 0. The molecule has 21 heavy (non-hydrogen) atoms. The van der Waals surface area contributed by atoms with E-state index in [9.17, 15) is 9.90 Å². The number of aryl methyl sites for hydroxylation is 1. The summed E-state index contributed by atoms with van der Waals surface area (Å²) in [5, 5.41) is 9.45. The Morgan fingerprint density at radius 3 is 2.71 bits per heavy atom. The SMILES string of the molecule is CCSc1cccc(Oc2ccc(Br)c(C)c2)c1C(=O)O. The third-order valence-corrected chi connectivity index (χ3v) is 4.69. The first kappa shape index (κ1) is 15.9. The Balaban J connectivity index is 2.41. The third kappa shape index (κ3) is 3.80. The van der Waals surface area contributed by atoms with Gasteiger partial charge in [-0.05, 0) is 48.6 Å². The molecule has 2 aromatic rings. The third-order valence-electron chi connectivity index (χ3n) is 2.86. The Morgan fingerprint density at radius 2 is 2.10 bits per heavy atom. The summed E-state index contributed by atoms with van der Waals surface area (Å²) in [4.78, 5) is 12.2. The standard InChI is InChI=1S/C16H15BrO3S/c1-3-21-14-6-4-5-13(15(14)16(18)19)20-11-7-8-12(17)10(2)9-11/h4-9H,3H2,1-2H3,(H,18,19). The van der Waals surface area contributed by atoms with E-state index in [0.717, 1.165) is 20.7 Å². The Hall–Kier alpha value is -1.46. The van der Waals surface area contributed by atoms with E-state index >= 15 is 0 Å². The van der Waals surface area contributed by atoms with Gasteiger partial charge in [-0.1, -0.05) is 28.9 Å². The van der Waals surface area contributed by atoms with Crippen molar-refractivity contribution in [2.24, 2.45) is 0 Å². The molecule has 0 saturated carbocycles. The van der Waals surface area contributed by atoms with Crippen molar-refractivity contribution in [1.82, 2.24) is 0 Å². The first-order chi connectivity index (χ1) is 10.0. The largest absolute Gasteiger partial charge is 0.478 e. The molecular formula is C16H15BrO3S. The number of halogens is 1. The second-order valence-electron chi connectivity index (χ2n) is 4.38. The Kier molecular flexibility index (Phi) is 5.31. The van der Waals surface area contributed by atoms with Crippen LogP contribution >= 0.6 is 27.7 Å². The molecule has 0 aliphatic rings. The monoisotopic (exact) mass is 366 g/mol. The van der Waals surface area contributed by atoms with E-state index in [0.29, 0.717) is 11.5 Å². The Morgan fingerprint density at radius 1 is 1.33 bits per heavy atom. The zero-order valence-corrected chi connectivity index (χ0v) is 14.1. The second-order valence-corrected chi connectivity index (χ2v) is 6.54. The summed E-state index contributed by atoms with van der Waals surface area (Å²) in [5.74, 6) is 0.816. The van der Waals surface area contributed by atoms with Crippen molar-refractivity contribution in [3.63, 3.8) is 0 Å². The van der Waals surface area contributed by atoms with Gasteiger partial charge >= 0.3 is 5.97 Å². The summed E-state index contributed by atoms with van der Waals surface area (Å²) < 4.78 is 6.77. The molecular weight excluding hydrogens is 352 g/mol. The van der Waals surface area contributed by atoms with Crippen molar-refractivity contribution in [1.29, 1.82) is 0 Å². The molecule has 1 N–H and O–H groups in total. The number of rotatable bonds is 5. The predicted octanol–water partition coefficient (Wildman–Crippen LogP) is 5.36. The van der Waals surface area contributed by atoms with Gasteiger partial charge < -0.3 is 9.84 Å². The smallest absolute Gasteiger partial charge is 0.340 e. The summed E-state index contributed by atoms with van der Waals surface area (Å²) in [5.41, 5.74) is 1.24. The lowest BCUT2D eigenvalue weighted by molar-refractivity contribution is 0.0690. The first-order valence-electron chi connectivity index (χ1n) is 6.46. The van der Waals surface area contributed by atoms with Crippen molar-refractivity contribution in [2.75, 3.05) is 5.75 Å². The zero-order valence-electron chi connectivity index (χ0n) is 11.7. The molecule has 0 aromatic heterocycles. The van der Waals surface area contributed by atoms with Crippen LogP contribution in [0.25, 0.3) is 0 Å². The van der Waals surface area contributed by atoms with Crippen LogP contribution in [0.1, 0.15) is 22.8 Å². The molecule has 0 saturated heterocycles. The molecule has 110 valence electrons. The van der Waals surface area contributed by atoms with Crippen LogP contribution in [-0.2, 0) is 0 Å². The van der Waals surface area contributed by atoms with Gasteiger partial charge in [0.05, 0.1) is 0 Å². The van der Waals surface area contributed by atoms with Crippen molar-refractivity contribution >= 4 is 33.7 Å². The molecule has 2 rings (SSSR count). The number of carboxylic acid groups (broad SMARTS) is 1. The maximum absolute atomic E-state index is 11.5. The van der Waals surface area contributed by atoms with Gasteiger partial charge in [-0.25, -0.2) is 4.79 Å². The van der Waals surface area contributed by atoms with Gasteiger partial charge in [0.1, 0.15) is 17.1 Å². The zero-order chi connectivity index (χ0) is 15.4. The van der Waals surface area contributed by atoms with Gasteiger partial charge in [0.25, 0.3) is 0 Å². The van der Waals surface area contributed by atoms with Gasteiger partial charge in [-0.15, -0.1) is 11.8 Å². The minimum absolute atomic E-state index is 0.213. The van der Waals surface area contributed by atoms with E-state index in [1.165, 1.54) is 11.8 Å². The van der Waals surface area contributed by atoms with E-state index in [2.05, 4.69) is 15.9 Å². The summed E-state index contributed by atoms with van der Waals surface area (Å²) in [6.45, 7) is 3.94. The fourth-order valence-electron chi connectivity index (χ4n) is 1.89. The van der Waals surface area contributed by atoms with Crippen LogP contribution in [0.2, 0.25) is 0 Å². The van der Waals surface area contributed by atoms with Crippen LogP contribution in [0.15, 0.2) is 45.8 Å². The van der Waals surface area contributed by atoms with Gasteiger partial charge in [0.2, 0.25) is 0 Å². The molecule has 0 spiro atoms. The van der Waals surface area contributed by atoms with E-state index in [-0.39, 0.29) is 5.56 Å². The molecule has 3 nitrogen and oxygen atoms in total. The number of benzene rings is 2. The Bertz CT molecular complexity index is 671. The molecule has 2 aromatic carbocycles. The minimum atomic E-state index is -0.976. The molecule has 0 atom stereocenters. The lowest BCUT2D eigenvalue weighted by atomic mass is 10.2. The summed E-state index contributed by atoms with van der Waals surface area (Å²) in [7, 11) is 0. The van der Waals surface area contributed by atoms with E-state index in [1.54, 1.807) is 12.1 Å². The normalized spacial score (nSPS) is 10.4. The molecule has 0 amide bonds. The lowest BCUT2D eigenvalue weighted by Gasteiger charge is -2.12. The van der Waals surface area contributed by atoms with Gasteiger partial charge in [-0.3, -0.25) is 0 Å². The van der Waals surface area contributed by atoms with Crippen LogP contribution in [0.5, 0.6) is 11.5 Å². The van der Waals surface area contributed by atoms with Gasteiger partial charge in [-0.2, -0.15) is 0 Å². The van der Waals surface area contributed by atoms with E-state index < -0.39 is 5.97 Å². The van der Waals surface area contributed by atoms with Crippen LogP contribution in [0.3, 0.4) is 0 Å². The Labute approximate surface area is 136 Å². The highest BCUT2D eigenvalue weighted by Crippen LogP contribution is 2.34. The molecule has 5 heteroatoms. The number of hydrogen-bond acceptors (Lipinski definition) is 3. The van der Waals surface area contributed by atoms with Crippen LogP contribution in [0, 0.1) is 6.92 Å². The minimum Gasteiger partial charge on any atom is -0.478 e. The molecule has 0 heterocycles. The highest BCUT2D eigenvalue weighted by atomic mass is 79.9. The van der Waals surface area contributed by atoms with Crippen molar-refractivity contribution < 1.29 is 14.6 Å². The molecule has 0 unspecified atom stereocenters. The predicted molar refractivity (Wildman–Crippen MR) is 88.8 cm³/mol. The van der Waals surface area contributed by atoms with Crippen molar-refractivity contribution in [3.8, 4) is 11.5 Å². The van der Waals surface area contributed by atoms with Crippen molar-refractivity contribution in [3.05, 3.63) is 52.0 Å². The van der Waals surface area contributed by atoms with Crippen LogP contribution in [0.4, 0.5) is 0 Å². The van der Waals surface area contributed by atoms with Gasteiger partial charge in [0.15, 0.2) is 0 Å². The number of ether oxygens (including phenoxy) is 1. The first-order valence-corrected chi connectivity index (χ1v) is 8.24. The molecule has 0 bridgehead atoms. The number of aromatic carboxylic acids is 1. The average molecular weight is 367 g/mol. The van der Waals surface area contributed by atoms with E-state index in [1.807, 2.05) is 38.1 Å². The fraction of sp³-hybridized carbons (Fsp3) is 0.188. The molecule has 0 radical (unpaired) electrons. The number of carbonyl (C=O) groups is 1. The highest BCUT2D eigenvalue weighted by Gasteiger charge is 2.17. The molecule has 0 fully saturated rings. The lowest BCUT2D eigenvalue weighted by Crippen LogP contribution is -2.02. The number of carboxylic acids is 1. The summed E-state index contributed by atoms with van der Waals surface area (Å²) in [6, 6.07) is 10.9. The molecule has 0 aliphatic carbocycles. The van der Waals surface area contributed by atoms with Crippen molar-refractivity contribution in [2.45, 2.75) is 18.7 Å².